The first kappa shape index (κ1) is 15.9. The molecule has 2 rings (SSSR count). The summed E-state index contributed by atoms with van der Waals surface area (Å²) in [6, 6.07) is 8.96. The maximum Gasteiger partial charge on any atom is 0.443 e. The Morgan fingerprint density at radius 3 is 2.38 bits per heavy atom. The van der Waals surface area contributed by atoms with E-state index in [0.29, 0.717) is 16.2 Å². The highest BCUT2D eigenvalue weighted by atomic mass is 32.1. The van der Waals surface area contributed by atoms with Crippen molar-refractivity contribution in [1.82, 2.24) is 10.3 Å². The summed E-state index contributed by atoms with van der Waals surface area (Å²) in [5.41, 5.74) is 0.890. The van der Waals surface area contributed by atoms with Crippen molar-refractivity contribution in [2.24, 2.45) is 0 Å². The van der Waals surface area contributed by atoms with Gasteiger partial charge in [-0.25, -0.2) is 4.98 Å². The topological polar surface area (TPSA) is 34.2 Å². The van der Waals surface area contributed by atoms with E-state index in [0.717, 1.165) is 5.56 Å². The minimum atomic E-state index is -4.42. The minimum absolute atomic E-state index is 0.391. The van der Waals surface area contributed by atoms with Gasteiger partial charge in [0.25, 0.3) is 0 Å². The summed E-state index contributed by atoms with van der Waals surface area (Å²) < 4.78 is 43.5. The second-order valence-electron chi connectivity index (χ2n) is 4.40. The van der Waals surface area contributed by atoms with Crippen molar-refractivity contribution in [1.29, 1.82) is 0 Å². The fourth-order valence-corrected chi connectivity index (χ4v) is 3.03. The second kappa shape index (κ2) is 6.55. The van der Waals surface area contributed by atoms with Crippen molar-refractivity contribution in [2.75, 3.05) is 14.2 Å². The van der Waals surface area contributed by atoms with Crippen LogP contribution < -0.4 is 5.32 Å². The molecule has 21 heavy (non-hydrogen) atoms. The Morgan fingerprint density at radius 1 is 1.24 bits per heavy atom. The number of hydrogen-bond donors (Lipinski definition) is 1. The van der Waals surface area contributed by atoms with Crippen molar-refractivity contribution >= 4 is 11.3 Å². The number of halogens is 3. The molecular formula is C14H15F3N2OS. The van der Waals surface area contributed by atoms with Crippen LogP contribution in [0.3, 0.4) is 0 Å². The Balaban J connectivity index is 2.32. The highest BCUT2D eigenvalue weighted by Crippen LogP contribution is 2.38. The maximum atomic E-state index is 12.7. The normalized spacial score (nSPS) is 14.9. The number of thiazole rings is 1. The molecule has 0 aliphatic rings. The summed E-state index contributed by atoms with van der Waals surface area (Å²) in [5.74, 6) is 0. The zero-order chi connectivity index (χ0) is 15.5. The summed E-state index contributed by atoms with van der Waals surface area (Å²) in [5, 5.41) is 2.16. The van der Waals surface area contributed by atoms with Crippen LogP contribution in [0.1, 0.15) is 27.6 Å². The number of rotatable bonds is 5. The predicted molar refractivity (Wildman–Crippen MR) is 75.1 cm³/mol. The van der Waals surface area contributed by atoms with Crippen LogP contribution in [0.15, 0.2) is 36.5 Å². The minimum Gasteiger partial charge on any atom is -0.375 e. The van der Waals surface area contributed by atoms with E-state index in [-0.39, 0.29) is 0 Å². The zero-order valence-electron chi connectivity index (χ0n) is 11.5. The molecule has 114 valence electrons. The lowest BCUT2D eigenvalue weighted by atomic mass is 10.0. The van der Waals surface area contributed by atoms with E-state index in [1.54, 1.807) is 7.05 Å². The predicted octanol–water partition coefficient (Wildman–Crippen LogP) is 3.81. The Bertz CT molecular complexity index is 571. The van der Waals surface area contributed by atoms with Crippen LogP contribution in [0.25, 0.3) is 0 Å². The molecule has 0 radical (unpaired) electrons. The van der Waals surface area contributed by atoms with Crippen LogP contribution in [-0.2, 0) is 10.9 Å². The first-order chi connectivity index (χ1) is 9.97. The standard InChI is InChI=1S/C14H15F3N2OS/c1-18-11(10-8-19-13(21-10)14(15,16)17)12(20-2)9-6-4-3-5-7-9/h3-8,11-12,18H,1-2H3. The molecule has 0 amide bonds. The van der Waals surface area contributed by atoms with Crippen LogP contribution in [0, 0.1) is 0 Å². The van der Waals surface area contributed by atoms with E-state index in [2.05, 4.69) is 10.3 Å². The van der Waals surface area contributed by atoms with Crippen LogP contribution in [0.2, 0.25) is 0 Å². The molecule has 0 aliphatic heterocycles. The number of aromatic nitrogens is 1. The lowest BCUT2D eigenvalue weighted by Crippen LogP contribution is -2.24. The SMILES string of the molecule is CNC(c1cnc(C(F)(F)F)s1)C(OC)c1ccccc1. The summed E-state index contributed by atoms with van der Waals surface area (Å²) >= 11 is 0.632. The number of methoxy groups -OCH3 is 1. The number of ether oxygens (including phenoxy) is 1. The number of likely N-dealkylation sites (N-methyl/N-ethyl adjacent to an activating group) is 1. The van der Waals surface area contributed by atoms with Gasteiger partial charge < -0.3 is 10.1 Å². The van der Waals surface area contributed by atoms with Crippen LogP contribution in [0.4, 0.5) is 13.2 Å². The Labute approximate surface area is 124 Å². The molecule has 0 saturated heterocycles. The quantitative estimate of drug-likeness (QED) is 0.911. The fourth-order valence-electron chi connectivity index (χ4n) is 2.11. The van der Waals surface area contributed by atoms with Gasteiger partial charge in [-0.1, -0.05) is 30.3 Å². The lowest BCUT2D eigenvalue weighted by molar-refractivity contribution is -0.137. The largest absolute Gasteiger partial charge is 0.443 e. The average Bonchev–Trinajstić information content (AvgIpc) is 2.95. The van der Waals surface area contributed by atoms with E-state index >= 15 is 0 Å². The number of hydrogen-bond acceptors (Lipinski definition) is 4. The Kier molecular flexibility index (Phi) is 4.97. The highest BCUT2D eigenvalue weighted by molar-refractivity contribution is 7.11. The van der Waals surface area contributed by atoms with Gasteiger partial charge in [0, 0.05) is 18.2 Å². The molecular weight excluding hydrogens is 301 g/mol. The van der Waals surface area contributed by atoms with Crippen molar-refractivity contribution in [3.63, 3.8) is 0 Å². The van der Waals surface area contributed by atoms with Gasteiger partial charge in [-0.15, -0.1) is 11.3 Å². The molecule has 0 spiro atoms. The van der Waals surface area contributed by atoms with Crippen molar-refractivity contribution < 1.29 is 17.9 Å². The van der Waals surface area contributed by atoms with Gasteiger partial charge in [-0.3, -0.25) is 0 Å². The van der Waals surface area contributed by atoms with Crippen LogP contribution in [-0.4, -0.2) is 19.1 Å². The molecule has 3 nitrogen and oxygen atoms in total. The third kappa shape index (κ3) is 3.61. The molecule has 7 heteroatoms. The summed E-state index contributed by atoms with van der Waals surface area (Å²) in [4.78, 5) is 3.95. The molecule has 2 unspecified atom stereocenters. The highest BCUT2D eigenvalue weighted by Gasteiger charge is 2.36. The van der Waals surface area contributed by atoms with Gasteiger partial charge in [0.05, 0.1) is 6.04 Å². The van der Waals surface area contributed by atoms with Gasteiger partial charge >= 0.3 is 6.18 Å². The molecule has 0 bridgehead atoms. The summed E-state index contributed by atoms with van der Waals surface area (Å²) in [7, 11) is 3.22. The molecule has 0 fully saturated rings. The number of benzene rings is 1. The first-order valence-corrected chi connectivity index (χ1v) is 7.07. The monoisotopic (exact) mass is 316 g/mol. The number of nitrogens with zero attached hydrogens (tertiary/aromatic N) is 1. The second-order valence-corrected chi connectivity index (χ2v) is 5.46. The van der Waals surface area contributed by atoms with Gasteiger partial charge in [-0.05, 0) is 12.6 Å². The average molecular weight is 316 g/mol. The van der Waals surface area contributed by atoms with Gasteiger partial charge in [0.15, 0.2) is 5.01 Å². The fraction of sp³-hybridized carbons (Fsp3) is 0.357. The van der Waals surface area contributed by atoms with Crippen molar-refractivity contribution in [3.8, 4) is 0 Å². The molecule has 0 aliphatic carbocycles. The molecule has 2 aromatic rings. The Morgan fingerprint density at radius 2 is 1.90 bits per heavy atom. The number of alkyl halides is 3. The van der Waals surface area contributed by atoms with E-state index in [1.165, 1.54) is 13.3 Å². The van der Waals surface area contributed by atoms with Gasteiger partial charge in [0.1, 0.15) is 6.10 Å². The smallest absolute Gasteiger partial charge is 0.375 e. The third-order valence-electron chi connectivity index (χ3n) is 3.07. The molecule has 1 aromatic carbocycles. The molecule has 2 atom stereocenters. The molecule has 1 N–H and O–H groups in total. The van der Waals surface area contributed by atoms with E-state index in [4.69, 9.17) is 4.74 Å². The van der Waals surface area contributed by atoms with Gasteiger partial charge in [0.2, 0.25) is 0 Å². The first-order valence-electron chi connectivity index (χ1n) is 6.25. The molecule has 1 heterocycles. The number of nitrogens with one attached hydrogen (secondary N) is 1. The van der Waals surface area contributed by atoms with E-state index in [1.807, 2.05) is 30.3 Å². The van der Waals surface area contributed by atoms with Crippen LogP contribution in [0.5, 0.6) is 0 Å². The van der Waals surface area contributed by atoms with Crippen molar-refractivity contribution in [3.05, 3.63) is 52.0 Å². The lowest BCUT2D eigenvalue weighted by Gasteiger charge is -2.25. The third-order valence-corrected chi connectivity index (χ3v) is 4.19. The maximum absolute atomic E-state index is 12.7. The van der Waals surface area contributed by atoms with E-state index in [9.17, 15) is 13.2 Å². The molecule has 1 aromatic heterocycles. The zero-order valence-corrected chi connectivity index (χ0v) is 12.3. The van der Waals surface area contributed by atoms with E-state index < -0.39 is 23.3 Å². The summed E-state index contributed by atoms with van der Waals surface area (Å²) in [6.07, 6.45) is -3.56. The molecule has 0 saturated carbocycles. The van der Waals surface area contributed by atoms with Crippen LogP contribution >= 0.6 is 11.3 Å². The van der Waals surface area contributed by atoms with Gasteiger partial charge in [-0.2, -0.15) is 13.2 Å². The Hall–Kier alpha value is -1.44. The van der Waals surface area contributed by atoms with Crippen molar-refractivity contribution in [2.45, 2.75) is 18.3 Å². The summed E-state index contributed by atoms with van der Waals surface area (Å²) in [6.45, 7) is 0.